The molecule has 7 heteroatoms. The summed E-state index contributed by atoms with van der Waals surface area (Å²) in [5.74, 6) is 0.398. The zero-order valence-corrected chi connectivity index (χ0v) is 17.1. The zero-order chi connectivity index (χ0) is 19.4. The summed E-state index contributed by atoms with van der Waals surface area (Å²) in [6.45, 7) is 2.52. The Bertz CT molecular complexity index is 751. The van der Waals surface area contributed by atoms with Crippen molar-refractivity contribution in [2.45, 2.75) is 61.9 Å². The number of carbonyl (C=O) groups is 1. The van der Waals surface area contributed by atoms with E-state index in [1.165, 1.54) is 44.4 Å². The average molecular weight is 395 g/mol. The molecule has 150 valence electrons. The van der Waals surface area contributed by atoms with Crippen LogP contribution in [0.2, 0.25) is 0 Å². The predicted molar refractivity (Wildman–Crippen MR) is 106 cm³/mol. The van der Waals surface area contributed by atoms with Crippen molar-refractivity contribution >= 4 is 22.0 Å². The Morgan fingerprint density at radius 1 is 1.11 bits per heavy atom. The number of piperidine rings is 1. The lowest BCUT2D eigenvalue weighted by atomic mass is 9.92. The lowest BCUT2D eigenvalue weighted by Crippen LogP contribution is -2.47. The van der Waals surface area contributed by atoms with E-state index >= 15 is 0 Å². The molecule has 3 rings (SSSR count). The first-order valence-corrected chi connectivity index (χ1v) is 11.7. The van der Waals surface area contributed by atoms with Gasteiger partial charge in [0.1, 0.15) is 0 Å². The Morgan fingerprint density at radius 2 is 1.78 bits per heavy atom. The van der Waals surface area contributed by atoms with Crippen LogP contribution in [0, 0.1) is 0 Å². The van der Waals surface area contributed by atoms with E-state index in [0.717, 1.165) is 32.0 Å². The van der Waals surface area contributed by atoms with Crippen molar-refractivity contribution in [1.82, 2.24) is 4.90 Å². The first kappa shape index (κ1) is 20.1. The highest BCUT2D eigenvalue weighted by Gasteiger charge is 2.29. The fourth-order valence-corrected chi connectivity index (χ4v) is 5.08. The zero-order valence-electron chi connectivity index (χ0n) is 16.3. The molecule has 1 saturated carbocycles. The van der Waals surface area contributed by atoms with Crippen molar-refractivity contribution in [3.05, 3.63) is 18.2 Å². The highest BCUT2D eigenvalue weighted by atomic mass is 32.2. The summed E-state index contributed by atoms with van der Waals surface area (Å²) in [4.78, 5) is 15.8. The second-order valence-electron chi connectivity index (χ2n) is 7.79. The number of hydrogen-bond acceptors (Lipinski definition) is 6. The van der Waals surface area contributed by atoms with E-state index in [1.54, 1.807) is 12.1 Å². The van der Waals surface area contributed by atoms with Crippen LogP contribution in [-0.2, 0) is 14.6 Å². The van der Waals surface area contributed by atoms with Crippen LogP contribution in [-0.4, -0.2) is 58.3 Å². The van der Waals surface area contributed by atoms with Gasteiger partial charge in [-0.3, -0.25) is 4.79 Å². The van der Waals surface area contributed by atoms with Crippen LogP contribution in [0.5, 0.6) is 5.75 Å². The van der Waals surface area contributed by atoms with Gasteiger partial charge < -0.3 is 14.5 Å². The summed E-state index contributed by atoms with van der Waals surface area (Å²) in [6.07, 6.45) is 9.92. The van der Waals surface area contributed by atoms with Crippen molar-refractivity contribution in [2.75, 3.05) is 31.3 Å². The SMILES string of the molecule is CN(c1cc(S(C)(=O)=O)ccc1OC=O)C1CCN(C2CCCCC2)CC1. The standard InChI is InChI=1S/C20H30N2O4S/c1-21(16-10-12-22(13-11-16)17-6-4-3-5-7-17)19-14-18(27(2,24)25)8-9-20(19)26-15-23/h8-9,14-17H,3-7,10-13H2,1-2H3. The van der Waals surface area contributed by atoms with Crippen LogP contribution in [0.1, 0.15) is 44.9 Å². The van der Waals surface area contributed by atoms with Crippen LogP contribution < -0.4 is 9.64 Å². The first-order chi connectivity index (χ1) is 12.9. The first-order valence-electron chi connectivity index (χ1n) is 9.81. The van der Waals surface area contributed by atoms with Gasteiger partial charge >= 0.3 is 0 Å². The van der Waals surface area contributed by atoms with Gasteiger partial charge in [0.05, 0.1) is 10.6 Å². The molecule has 2 fully saturated rings. The minimum atomic E-state index is -3.32. The smallest absolute Gasteiger partial charge is 0.298 e. The van der Waals surface area contributed by atoms with Crippen molar-refractivity contribution < 1.29 is 17.9 Å². The van der Waals surface area contributed by atoms with Crippen molar-refractivity contribution in [1.29, 1.82) is 0 Å². The van der Waals surface area contributed by atoms with E-state index in [0.29, 0.717) is 24.0 Å². The molecule has 1 aliphatic carbocycles. The number of carbonyl (C=O) groups excluding carboxylic acids is 1. The molecule has 0 amide bonds. The second kappa shape index (κ2) is 8.61. The molecule has 0 bridgehead atoms. The van der Waals surface area contributed by atoms with Crippen LogP contribution in [0.25, 0.3) is 0 Å². The average Bonchev–Trinajstić information content (AvgIpc) is 2.68. The maximum absolute atomic E-state index is 11.9. The number of ether oxygens (including phenoxy) is 1. The summed E-state index contributed by atoms with van der Waals surface area (Å²) in [5, 5.41) is 0. The number of anilines is 1. The van der Waals surface area contributed by atoms with Crippen LogP contribution >= 0.6 is 0 Å². The largest absolute Gasteiger partial charge is 0.427 e. The van der Waals surface area contributed by atoms with Gasteiger partial charge in [0, 0.05) is 38.5 Å². The third-order valence-electron chi connectivity index (χ3n) is 6.05. The van der Waals surface area contributed by atoms with Gasteiger partial charge in [-0.2, -0.15) is 0 Å². The number of nitrogens with zero attached hydrogens (tertiary/aromatic N) is 2. The monoisotopic (exact) mass is 394 g/mol. The van der Waals surface area contributed by atoms with Gasteiger partial charge in [-0.05, 0) is 43.9 Å². The Kier molecular flexibility index (Phi) is 6.42. The van der Waals surface area contributed by atoms with Gasteiger partial charge in [0.25, 0.3) is 6.47 Å². The predicted octanol–water partition coefficient (Wildman–Crippen LogP) is 2.86. The number of hydrogen-bond donors (Lipinski definition) is 0. The lowest BCUT2D eigenvalue weighted by Gasteiger charge is -2.42. The van der Waals surface area contributed by atoms with Crippen molar-refractivity contribution in [2.24, 2.45) is 0 Å². The molecule has 1 saturated heterocycles. The molecule has 0 N–H and O–H groups in total. The molecule has 0 aromatic heterocycles. The normalized spacial score (nSPS) is 20.4. The van der Waals surface area contributed by atoms with Gasteiger partial charge in [-0.1, -0.05) is 19.3 Å². The summed E-state index contributed by atoms with van der Waals surface area (Å²) in [5.41, 5.74) is 0.654. The molecule has 27 heavy (non-hydrogen) atoms. The Morgan fingerprint density at radius 3 is 2.37 bits per heavy atom. The molecule has 0 spiro atoms. The molecule has 1 heterocycles. The quantitative estimate of drug-likeness (QED) is 0.691. The van der Waals surface area contributed by atoms with Crippen LogP contribution in [0.15, 0.2) is 23.1 Å². The van der Waals surface area contributed by atoms with Crippen molar-refractivity contribution in [3.63, 3.8) is 0 Å². The third kappa shape index (κ3) is 4.82. The molecular formula is C20H30N2O4S. The number of benzene rings is 1. The molecule has 0 atom stereocenters. The number of rotatable bonds is 6. The van der Waals surface area contributed by atoms with Crippen LogP contribution in [0.3, 0.4) is 0 Å². The van der Waals surface area contributed by atoms with Gasteiger partial charge in [0.2, 0.25) is 0 Å². The van der Waals surface area contributed by atoms with E-state index in [1.807, 2.05) is 7.05 Å². The number of likely N-dealkylation sites (tertiary alicyclic amines) is 1. The summed E-state index contributed by atoms with van der Waals surface area (Å²) >= 11 is 0. The minimum Gasteiger partial charge on any atom is -0.427 e. The molecule has 6 nitrogen and oxygen atoms in total. The molecule has 1 aliphatic heterocycles. The minimum absolute atomic E-state index is 0.238. The second-order valence-corrected chi connectivity index (χ2v) is 9.80. The van der Waals surface area contributed by atoms with E-state index in [2.05, 4.69) is 9.80 Å². The summed E-state index contributed by atoms with van der Waals surface area (Å²) < 4.78 is 29.0. The molecule has 1 aromatic rings. The van der Waals surface area contributed by atoms with Crippen molar-refractivity contribution in [3.8, 4) is 5.75 Å². The van der Waals surface area contributed by atoms with Gasteiger partial charge in [-0.15, -0.1) is 0 Å². The molecule has 2 aliphatic rings. The van der Waals surface area contributed by atoms with Gasteiger partial charge in [-0.25, -0.2) is 8.42 Å². The van der Waals surface area contributed by atoms with Gasteiger partial charge in [0.15, 0.2) is 15.6 Å². The fraction of sp³-hybridized carbons (Fsp3) is 0.650. The highest BCUT2D eigenvalue weighted by Crippen LogP contribution is 2.34. The summed E-state index contributed by atoms with van der Waals surface area (Å²) in [7, 11) is -1.37. The summed E-state index contributed by atoms with van der Waals surface area (Å²) in [6, 6.07) is 5.69. The third-order valence-corrected chi connectivity index (χ3v) is 7.16. The Balaban J connectivity index is 1.73. The molecule has 1 aromatic carbocycles. The maximum Gasteiger partial charge on any atom is 0.298 e. The molecule has 0 radical (unpaired) electrons. The Hall–Kier alpha value is -1.60. The maximum atomic E-state index is 11.9. The molecule has 0 unspecified atom stereocenters. The topological polar surface area (TPSA) is 66.9 Å². The van der Waals surface area contributed by atoms with Crippen LogP contribution in [0.4, 0.5) is 5.69 Å². The molecular weight excluding hydrogens is 364 g/mol. The lowest BCUT2D eigenvalue weighted by molar-refractivity contribution is -0.120. The Labute approximate surface area is 162 Å². The number of sulfone groups is 1. The highest BCUT2D eigenvalue weighted by molar-refractivity contribution is 7.90. The fourth-order valence-electron chi connectivity index (χ4n) is 4.44. The van der Waals surface area contributed by atoms with E-state index in [-0.39, 0.29) is 4.90 Å². The van der Waals surface area contributed by atoms with E-state index in [9.17, 15) is 13.2 Å². The van der Waals surface area contributed by atoms with E-state index in [4.69, 9.17) is 4.74 Å². The van der Waals surface area contributed by atoms with E-state index < -0.39 is 9.84 Å².